The van der Waals surface area contributed by atoms with Gasteiger partial charge in [-0.15, -0.1) is 0 Å². The first-order chi connectivity index (χ1) is 15.7. The van der Waals surface area contributed by atoms with Crippen molar-refractivity contribution < 1.29 is 32.0 Å². The third kappa shape index (κ3) is 5.58. The summed E-state index contributed by atoms with van der Waals surface area (Å²) in [6, 6.07) is 4.06. The summed E-state index contributed by atoms with van der Waals surface area (Å²) in [6.07, 6.45) is -6.13. The number of hydrogen-bond acceptors (Lipinski definition) is 6. The molecule has 34 heavy (non-hydrogen) atoms. The van der Waals surface area contributed by atoms with Crippen LogP contribution in [0.4, 0.5) is 28.0 Å². The molecule has 9 nitrogen and oxygen atoms in total. The van der Waals surface area contributed by atoms with Gasteiger partial charge in [0.05, 0.1) is 22.5 Å². The van der Waals surface area contributed by atoms with Gasteiger partial charge in [-0.1, -0.05) is 0 Å². The minimum Gasteiger partial charge on any atom is -0.443 e. The van der Waals surface area contributed by atoms with Gasteiger partial charge in [0.25, 0.3) is 0 Å². The highest BCUT2D eigenvalue weighted by molar-refractivity contribution is 5.89. The molecule has 0 aliphatic carbocycles. The molecule has 182 valence electrons. The molecule has 0 radical (unpaired) electrons. The summed E-state index contributed by atoms with van der Waals surface area (Å²) in [5.74, 6) is -1.07. The van der Waals surface area contributed by atoms with Gasteiger partial charge in [-0.2, -0.15) is 13.2 Å². The fourth-order valence-corrected chi connectivity index (χ4v) is 3.28. The Morgan fingerprint density at radius 2 is 1.91 bits per heavy atom. The van der Waals surface area contributed by atoms with E-state index in [4.69, 9.17) is 4.74 Å². The van der Waals surface area contributed by atoms with Crippen LogP contribution in [0.3, 0.4) is 0 Å². The van der Waals surface area contributed by atoms with Gasteiger partial charge < -0.3 is 9.30 Å². The van der Waals surface area contributed by atoms with E-state index < -0.39 is 59.2 Å². The van der Waals surface area contributed by atoms with Crippen LogP contribution in [0, 0.1) is 15.9 Å². The summed E-state index contributed by atoms with van der Waals surface area (Å²) in [5.41, 5.74) is -3.02. The minimum absolute atomic E-state index is 0.0787. The van der Waals surface area contributed by atoms with Crippen molar-refractivity contribution in [3.8, 4) is 0 Å². The SMILES string of the molecule is CC(C)(C)OC(=O)n1c(Cn2cccc([N+](=O)[O-])c2=O)nc2c(CCC(F)(F)F)cc(F)cc21. The number of fused-ring (bicyclic) bond motifs is 1. The maximum absolute atomic E-state index is 14.3. The van der Waals surface area contributed by atoms with Crippen LogP contribution >= 0.6 is 0 Å². The third-order valence-electron chi connectivity index (χ3n) is 4.64. The molecule has 0 N–H and O–H groups in total. The lowest BCUT2D eigenvalue weighted by molar-refractivity contribution is -0.386. The first kappa shape index (κ1) is 24.9. The van der Waals surface area contributed by atoms with Crippen molar-refractivity contribution in [3.05, 3.63) is 68.1 Å². The number of alkyl halides is 3. The summed E-state index contributed by atoms with van der Waals surface area (Å²) in [5, 5.41) is 11.1. The molecule has 3 aromatic rings. The normalized spacial score (nSPS) is 12.2. The lowest BCUT2D eigenvalue weighted by Crippen LogP contribution is -2.29. The molecule has 3 rings (SSSR count). The second kappa shape index (κ2) is 8.88. The number of imidazole rings is 1. The van der Waals surface area contributed by atoms with Gasteiger partial charge in [-0.3, -0.25) is 14.9 Å². The van der Waals surface area contributed by atoms with Crippen LogP contribution in [0.15, 0.2) is 35.3 Å². The summed E-state index contributed by atoms with van der Waals surface area (Å²) >= 11 is 0. The van der Waals surface area contributed by atoms with Gasteiger partial charge in [0, 0.05) is 24.8 Å². The Morgan fingerprint density at radius 1 is 1.24 bits per heavy atom. The standard InChI is InChI=1S/C21H20F4N4O5/c1-20(2,3)34-19(31)28-15-10-13(22)9-12(6-7-21(23,24)25)17(15)26-16(28)11-27-8-4-5-14(18(27)30)29(32)33/h4-5,8-10H,6-7,11H2,1-3H3. The summed E-state index contributed by atoms with van der Waals surface area (Å²) in [4.78, 5) is 39.8. The maximum atomic E-state index is 14.3. The summed E-state index contributed by atoms with van der Waals surface area (Å²) in [6.45, 7) is 4.26. The number of carbonyl (C=O) groups excluding carboxylic acids is 1. The van der Waals surface area contributed by atoms with E-state index in [2.05, 4.69) is 4.98 Å². The number of pyridine rings is 1. The molecular formula is C21H20F4N4O5. The van der Waals surface area contributed by atoms with Crippen molar-refractivity contribution in [3.63, 3.8) is 0 Å². The third-order valence-corrected chi connectivity index (χ3v) is 4.64. The fraction of sp³-hybridized carbons (Fsp3) is 0.381. The molecule has 0 saturated carbocycles. The Morgan fingerprint density at radius 3 is 2.50 bits per heavy atom. The predicted octanol–water partition coefficient (Wildman–Crippen LogP) is 4.57. The van der Waals surface area contributed by atoms with Crippen molar-refractivity contribution in [1.82, 2.24) is 14.1 Å². The topological polar surface area (TPSA) is 109 Å². The van der Waals surface area contributed by atoms with E-state index in [0.29, 0.717) is 0 Å². The smallest absolute Gasteiger partial charge is 0.420 e. The zero-order valence-electron chi connectivity index (χ0n) is 18.4. The number of aryl methyl sites for hydroxylation is 1. The Balaban J connectivity index is 2.21. The van der Waals surface area contributed by atoms with E-state index in [9.17, 15) is 37.3 Å². The second-order valence-corrected chi connectivity index (χ2v) is 8.48. The highest BCUT2D eigenvalue weighted by Gasteiger charge is 2.29. The molecule has 0 amide bonds. The van der Waals surface area contributed by atoms with Crippen LogP contribution in [0.1, 0.15) is 38.6 Å². The van der Waals surface area contributed by atoms with Crippen molar-refractivity contribution in [2.45, 2.75) is 51.9 Å². The largest absolute Gasteiger partial charge is 0.443 e. The van der Waals surface area contributed by atoms with E-state index in [0.717, 1.165) is 27.3 Å². The van der Waals surface area contributed by atoms with Gasteiger partial charge >= 0.3 is 23.5 Å². The molecule has 0 saturated heterocycles. The number of aromatic nitrogens is 3. The molecule has 0 spiro atoms. The van der Waals surface area contributed by atoms with E-state index in [1.54, 1.807) is 20.8 Å². The van der Waals surface area contributed by atoms with Crippen LogP contribution in [0.5, 0.6) is 0 Å². The molecule has 0 atom stereocenters. The first-order valence-corrected chi connectivity index (χ1v) is 10.00. The van der Waals surface area contributed by atoms with E-state index >= 15 is 0 Å². The quantitative estimate of drug-likeness (QED) is 0.298. The average molecular weight is 484 g/mol. The fourth-order valence-electron chi connectivity index (χ4n) is 3.28. The molecule has 0 aliphatic rings. The number of halogens is 4. The van der Waals surface area contributed by atoms with Crippen LogP contribution in [-0.2, 0) is 17.7 Å². The zero-order chi connectivity index (χ0) is 25.4. The van der Waals surface area contributed by atoms with Gasteiger partial charge in [-0.05, 0) is 44.9 Å². The molecule has 13 heteroatoms. The molecule has 0 aliphatic heterocycles. The minimum atomic E-state index is -4.51. The molecule has 0 bridgehead atoms. The monoisotopic (exact) mass is 484 g/mol. The number of nitro groups is 1. The second-order valence-electron chi connectivity index (χ2n) is 8.48. The van der Waals surface area contributed by atoms with Crippen LogP contribution in [0.25, 0.3) is 11.0 Å². The lowest BCUT2D eigenvalue weighted by Gasteiger charge is -2.20. The summed E-state index contributed by atoms with van der Waals surface area (Å²) in [7, 11) is 0. The van der Waals surface area contributed by atoms with Gasteiger partial charge in [-0.25, -0.2) is 18.7 Å². The number of ether oxygens (including phenoxy) is 1. The molecule has 0 unspecified atom stereocenters. The highest BCUT2D eigenvalue weighted by Crippen LogP contribution is 2.28. The van der Waals surface area contributed by atoms with Gasteiger partial charge in [0.15, 0.2) is 0 Å². The Kier molecular flexibility index (Phi) is 6.49. The van der Waals surface area contributed by atoms with Crippen molar-refractivity contribution in [1.29, 1.82) is 0 Å². The van der Waals surface area contributed by atoms with E-state index in [1.807, 2.05) is 0 Å². The van der Waals surface area contributed by atoms with Crippen LogP contribution < -0.4 is 5.56 Å². The van der Waals surface area contributed by atoms with E-state index in [1.165, 1.54) is 12.3 Å². The lowest BCUT2D eigenvalue weighted by atomic mass is 10.1. The number of nitrogens with zero attached hydrogens (tertiary/aromatic N) is 4. The van der Waals surface area contributed by atoms with Crippen molar-refractivity contribution >= 4 is 22.8 Å². The number of hydrogen-bond donors (Lipinski definition) is 0. The zero-order valence-corrected chi connectivity index (χ0v) is 18.4. The number of carbonyl (C=O) groups is 1. The molecule has 0 fully saturated rings. The molecule has 2 aromatic heterocycles. The Bertz CT molecular complexity index is 1320. The molecule has 2 heterocycles. The first-order valence-electron chi connectivity index (χ1n) is 10.00. The highest BCUT2D eigenvalue weighted by atomic mass is 19.4. The van der Waals surface area contributed by atoms with Crippen molar-refractivity contribution in [2.75, 3.05) is 0 Å². The Hall–Kier alpha value is -3.77. The number of rotatable bonds is 5. The number of benzene rings is 1. The van der Waals surface area contributed by atoms with E-state index in [-0.39, 0.29) is 22.4 Å². The average Bonchev–Trinajstić information content (AvgIpc) is 3.03. The maximum Gasteiger partial charge on any atom is 0.420 e. The van der Waals surface area contributed by atoms with Gasteiger partial charge in [0.2, 0.25) is 0 Å². The van der Waals surface area contributed by atoms with Crippen LogP contribution in [-0.4, -0.2) is 36.9 Å². The van der Waals surface area contributed by atoms with Gasteiger partial charge in [0.1, 0.15) is 17.2 Å². The molecular weight excluding hydrogens is 464 g/mol. The van der Waals surface area contributed by atoms with Crippen LogP contribution in [0.2, 0.25) is 0 Å². The van der Waals surface area contributed by atoms with Crippen molar-refractivity contribution in [2.24, 2.45) is 0 Å². The Labute approximate surface area is 189 Å². The summed E-state index contributed by atoms with van der Waals surface area (Å²) < 4.78 is 59.8. The predicted molar refractivity (Wildman–Crippen MR) is 112 cm³/mol. The molecule has 1 aromatic carbocycles.